The van der Waals surface area contributed by atoms with Crippen LogP contribution in [0.5, 0.6) is 5.88 Å². The van der Waals surface area contributed by atoms with Gasteiger partial charge in [0.25, 0.3) is 0 Å². The third-order valence-corrected chi connectivity index (χ3v) is 3.18. The van der Waals surface area contributed by atoms with Gasteiger partial charge in [-0.3, -0.25) is 4.79 Å². The van der Waals surface area contributed by atoms with Gasteiger partial charge in [0.1, 0.15) is 5.60 Å². The summed E-state index contributed by atoms with van der Waals surface area (Å²) in [5.74, 6) is 0.308. The van der Waals surface area contributed by atoms with Crippen LogP contribution in [0.4, 0.5) is 5.69 Å². The molecule has 5 heteroatoms. The summed E-state index contributed by atoms with van der Waals surface area (Å²) >= 11 is 0. The van der Waals surface area contributed by atoms with Crippen molar-refractivity contribution in [2.75, 3.05) is 12.8 Å². The number of hydrogen-bond acceptors (Lipinski definition) is 5. The van der Waals surface area contributed by atoms with Crippen LogP contribution in [0.1, 0.15) is 32.8 Å². The van der Waals surface area contributed by atoms with Crippen LogP contribution in [0.15, 0.2) is 24.3 Å². The Labute approximate surface area is 130 Å². The highest BCUT2D eigenvalue weighted by molar-refractivity contribution is 5.92. The number of anilines is 1. The molecule has 0 aliphatic carbocycles. The summed E-state index contributed by atoms with van der Waals surface area (Å²) in [5.41, 5.74) is 7.82. The molecule has 0 bridgehead atoms. The molecule has 0 saturated heterocycles. The maximum absolute atomic E-state index is 11.9. The highest BCUT2D eigenvalue weighted by atomic mass is 16.6. The van der Waals surface area contributed by atoms with Gasteiger partial charge in [0.05, 0.1) is 18.3 Å². The van der Waals surface area contributed by atoms with E-state index in [-0.39, 0.29) is 5.97 Å². The van der Waals surface area contributed by atoms with Gasteiger partial charge >= 0.3 is 5.97 Å². The van der Waals surface area contributed by atoms with Crippen LogP contribution < -0.4 is 10.5 Å². The van der Waals surface area contributed by atoms with Gasteiger partial charge in [-0.15, -0.1) is 0 Å². The molecule has 0 radical (unpaired) electrons. The van der Waals surface area contributed by atoms with E-state index >= 15 is 0 Å². The van der Waals surface area contributed by atoms with Gasteiger partial charge in [-0.2, -0.15) is 0 Å². The van der Waals surface area contributed by atoms with E-state index < -0.39 is 5.60 Å². The average Bonchev–Trinajstić information content (AvgIpc) is 2.44. The number of nitrogens with two attached hydrogens (primary N) is 1. The van der Waals surface area contributed by atoms with Gasteiger partial charge in [0, 0.05) is 17.9 Å². The lowest BCUT2D eigenvalue weighted by molar-refractivity contribution is -0.154. The second-order valence-corrected chi connectivity index (χ2v) is 6.15. The minimum atomic E-state index is -0.463. The number of nitrogen functional groups attached to an aromatic ring is 1. The number of ether oxygens (including phenoxy) is 2. The van der Waals surface area contributed by atoms with Crippen molar-refractivity contribution in [2.24, 2.45) is 0 Å². The second-order valence-electron chi connectivity index (χ2n) is 6.15. The predicted molar refractivity (Wildman–Crippen MR) is 86.9 cm³/mol. The van der Waals surface area contributed by atoms with Crippen molar-refractivity contribution in [1.29, 1.82) is 0 Å². The minimum absolute atomic E-state index is 0.209. The van der Waals surface area contributed by atoms with Crippen LogP contribution in [-0.2, 0) is 16.0 Å². The van der Waals surface area contributed by atoms with Crippen LogP contribution in [-0.4, -0.2) is 23.7 Å². The summed E-state index contributed by atoms with van der Waals surface area (Å²) in [4.78, 5) is 16.2. The summed E-state index contributed by atoms with van der Waals surface area (Å²) in [6.45, 7) is 5.58. The number of hydrogen-bond donors (Lipinski definition) is 1. The van der Waals surface area contributed by atoms with Crippen molar-refractivity contribution < 1.29 is 14.3 Å². The molecular weight excluding hydrogens is 280 g/mol. The number of carbonyl (C=O) groups excluding carboxylic acids is 1. The fourth-order valence-corrected chi connectivity index (χ4v) is 2.24. The maximum Gasteiger partial charge on any atom is 0.306 e. The molecule has 0 fully saturated rings. The Morgan fingerprint density at radius 3 is 2.59 bits per heavy atom. The quantitative estimate of drug-likeness (QED) is 0.694. The molecule has 1 aromatic heterocycles. The van der Waals surface area contributed by atoms with E-state index in [0.717, 1.165) is 10.9 Å². The molecule has 0 aliphatic rings. The first kappa shape index (κ1) is 16.1. The molecule has 0 spiro atoms. The number of nitrogens with zero attached hydrogens (tertiary/aromatic N) is 1. The molecular formula is C17H22N2O3. The van der Waals surface area contributed by atoms with Crippen molar-refractivity contribution in [1.82, 2.24) is 4.98 Å². The third-order valence-electron chi connectivity index (χ3n) is 3.18. The third kappa shape index (κ3) is 3.87. The monoisotopic (exact) mass is 302 g/mol. The Balaban J connectivity index is 2.22. The lowest BCUT2D eigenvalue weighted by atomic mass is 10.0. The zero-order valence-electron chi connectivity index (χ0n) is 13.5. The number of esters is 1. The van der Waals surface area contributed by atoms with Crippen molar-refractivity contribution >= 4 is 22.6 Å². The molecule has 5 nitrogen and oxygen atoms in total. The largest absolute Gasteiger partial charge is 0.481 e. The highest BCUT2D eigenvalue weighted by Gasteiger charge is 2.16. The van der Waals surface area contributed by atoms with Gasteiger partial charge in [0.15, 0.2) is 0 Å². The van der Waals surface area contributed by atoms with Gasteiger partial charge in [-0.25, -0.2) is 4.98 Å². The number of rotatable bonds is 4. The van der Waals surface area contributed by atoms with Gasteiger partial charge < -0.3 is 15.2 Å². The van der Waals surface area contributed by atoms with Crippen molar-refractivity contribution in [2.45, 2.75) is 39.2 Å². The zero-order valence-corrected chi connectivity index (χ0v) is 13.5. The fraction of sp³-hybridized carbons (Fsp3) is 0.412. The number of methoxy groups -OCH3 is 1. The molecule has 0 saturated carbocycles. The Kier molecular flexibility index (Phi) is 4.54. The summed E-state index contributed by atoms with van der Waals surface area (Å²) in [6, 6.07) is 7.44. The topological polar surface area (TPSA) is 74.4 Å². The van der Waals surface area contributed by atoms with E-state index in [1.807, 2.05) is 32.9 Å². The summed E-state index contributed by atoms with van der Waals surface area (Å²) in [7, 11) is 1.57. The van der Waals surface area contributed by atoms with Gasteiger partial charge in [-0.1, -0.05) is 6.07 Å². The minimum Gasteiger partial charge on any atom is -0.481 e. The molecule has 0 atom stereocenters. The van der Waals surface area contributed by atoms with E-state index in [9.17, 15) is 4.79 Å². The lowest BCUT2D eigenvalue weighted by Crippen LogP contribution is -2.24. The lowest BCUT2D eigenvalue weighted by Gasteiger charge is -2.19. The molecule has 118 valence electrons. The molecule has 0 unspecified atom stereocenters. The Bertz CT molecular complexity index is 690. The molecule has 2 N–H and O–H groups in total. The first-order valence-corrected chi connectivity index (χ1v) is 7.24. The SMILES string of the molecule is COc1ccc2c(CCC(=O)OC(C)(C)C)ccc(N)c2n1. The Morgan fingerprint density at radius 1 is 1.23 bits per heavy atom. The fourth-order valence-electron chi connectivity index (χ4n) is 2.24. The Morgan fingerprint density at radius 2 is 1.95 bits per heavy atom. The first-order valence-electron chi connectivity index (χ1n) is 7.24. The molecule has 2 rings (SSSR count). The second kappa shape index (κ2) is 6.22. The Hall–Kier alpha value is -2.30. The van der Waals surface area contributed by atoms with E-state index in [4.69, 9.17) is 15.2 Å². The van der Waals surface area contributed by atoms with Crippen LogP contribution in [0.3, 0.4) is 0 Å². The summed E-state index contributed by atoms with van der Waals surface area (Å²) in [6.07, 6.45) is 0.905. The van der Waals surface area contributed by atoms with Crippen molar-refractivity contribution in [3.05, 3.63) is 29.8 Å². The van der Waals surface area contributed by atoms with Crippen LogP contribution in [0.2, 0.25) is 0 Å². The number of aryl methyl sites for hydroxylation is 1. The number of benzene rings is 1. The molecule has 22 heavy (non-hydrogen) atoms. The van der Waals surface area contributed by atoms with Crippen LogP contribution in [0.25, 0.3) is 10.9 Å². The standard InChI is InChI=1S/C17H22N2O3/c1-17(2,3)22-15(20)10-6-11-5-8-13(18)16-12(11)7-9-14(19-16)21-4/h5,7-9H,6,10,18H2,1-4H3. The van der Waals surface area contributed by atoms with E-state index in [2.05, 4.69) is 4.98 Å². The van der Waals surface area contributed by atoms with E-state index in [0.29, 0.717) is 29.9 Å². The average molecular weight is 302 g/mol. The van der Waals surface area contributed by atoms with E-state index in [1.165, 1.54) is 0 Å². The van der Waals surface area contributed by atoms with Crippen LogP contribution >= 0.6 is 0 Å². The van der Waals surface area contributed by atoms with Crippen molar-refractivity contribution in [3.63, 3.8) is 0 Å². The predicted octanol–water partition coefficient (Wildman–Crippen LogP) is 3.10. The van der Waals surface area contributed by atoms with Gasteiger partial charge in [-0.05, 0) is 44.9 Å². The first-order chi connectivity index (χ1) is 10.3. The molecule has 0 aliphatic heterocycles. The summed E-state index contributed by atoms with van der Waals surface area (Å²) in [5, 5.41) is 0.935. The maximum atomic E-state index is 11.9. The zero-order chi connectivity index (χ0) is 16.3. The number of pyridine rings is 1. The van der Waals surface area contributed by atoms with Gasteiger partial charge in [0.2, 0.25) is 5.88 Å². The number of carbonyl (C=O) groups is 1. The van der Waals surface area contributed by atoms with Crippen LogP contribution in [0, 0.1) is 0 Å². The highest BCUT2D eigenvalue weighted by Crippen LogP contribution is 2.26. The molecule has 1 heterocycles. The number of fused-ring (bicyclic) bond motifs is 1. The molecule has 2 aromatic rings. The molecule has 0 amide bonds. The van der Waals surface area contributed by atoms with Crippen molar-refractivity contribution in [3.8, 4) is 5.88 Å². The molecule has 1 aromatic carbocycles. The smallest absolute Gasteiger partial charge is 0.306 e. The number of aromatic nitrogens is 1. The normalized spacial score (nSPS) is 11.5. The summed E-state index contributed by atoms with van der Waals surface area (Å²) < 4.78 is 10.5. The van der Waals surface area contributed by atoms with E-state index in [1.54, 1.807) is 19.2 Å².